The number of fused-ring (bicyclic) bond motifs is 6. The molecule has 0 radical (unpaired) electrons. The molecule has 10 aromatic carbocycles. The summed E-state index contributed by atoms with van der Waals surface area (Å²) in [6, 6.07) is 90.1. The molecule has 12 rings (SSSR count). The van der Waals surface area contributed by atoms with Gasteiger partial charge in [0.15, 0.2) is 0 Å². The van der Waals surface area contributed by atoms with Gasteiger partial charge in [-0.2, -0.15) is 0 Å². The van der Waals surface area contributed by atoms with Gasteiger partial charge in [0, 0.05) is 50.0 Å². The Labute approximate surface area is 366 Å². The number of rotatable bonds is 8. The molecule has 0 atom stereocenters. The van der Waals surface area contributed by atoms with E-state index in [4.69, 9.17) is 0 Å². The topological polar surface area (TPSA) is 13.1 Å². The zero-order valence-electron chi connectivity index (χ0n) is 34.5. The standard InChI is InChI=1S/C60H41N3/c1-5-16-42(17-6-1)43-28-33-49(34-29-43)61(50-35-30-44(31-36-50)46-32-38-57-54(40-46)53-24-13-14-26-56(53)62(57)47-20-9-3-10-21-47)51-37-39-58-55(41-51)60-52(45-18-7-2-8-19-45)25-15-27-59(60)63(58)48-22-11-4-12-23-48/h1-41H. The lowest BCUT2D eigenvalue weighted by atomic mass is 9.99. The Kier molecular flexibility index (Phi) is 8.83. The third kappa shape index (κ3) is 6.29. The summed E-state index contributed by atoms with van der Waals surface area (Å²) in [6.45, 7) is 0. The molecular weight excluding hydrogens is 763 g/mol. The van der Waals surface area contributed by atoms with Crippen molar-refractivity contribution >= 4 is 60.7 Å². The molecule has 2 aromatic heterocycles. The maximum atomic E-state index is 2.41. The Hall–Kier alpha value is -8.40. The van der Waals surface area contributed by atoms with Crippen LogP contribution in [0.15, 0.2) is 249 Å². The van der Waals surface area contributed by atoms with Crippen molar-refractivity contribution in [3.63, 3.8) is 0 Å². The molecule has 0 aliphatic rings. The monoisotopic (exact) mass is 803 g/mol. The molecule has 3 nitrogen and oxygen atoms in total. The van der Waals surface area contributed by atoms with Crippen LogP contribution in [0.5, 0.6) is 0 Å². The molecule has 0 bridgehead atoms. The largest absolute Gasteiger partial charge is 0.310 e. The quantitative estimate of drug-likeness (QED) is 0.149. The van der Waals surface area contributed by atoms with Gasteiger partial charge in [-0.05, 0) is 124 Å². The second-order valence-corrected chi connectivity index (χ2v) is 16.2. The fourth-order valence-electron chi connectivity index (χ4n) is 9.60. The highest BCUT2D eigenvalue weighted by molar-refractivity contribution is 6.17. The van der Waals surface area contributed by atoms with Gasteiger partial charge in [0.25, 0.3) is 0 Å². The lowest BCUT2D eigenvalue weighted by Gasteiger charge is -2.26. The molecular formula is C60H41N3. The molecule has 63 heavy (non-hydrogen) atoms. The zero-order chi connectivity index (χ0) is 41.7. The van der Waals surface area contributed by atoms with Gasteiger partial charge >= 0.3 is 0 Å². The maximum absolute atomic E-state index is 2.41. The van der Waals surface area contributed by atoms with Crippen molar-refractivity contribution in [1.82, 2.24) is 9.13 Å². The van der Waals surface area contributed by atoms with E-state index >= 15 is 0 Å². The summed E-state index contributed by atoms with van der Waals surface area (Å²) in [4.78, 5) is 2.39. The number of benzene rings is 10. The summed E-state index contributed by atoms with van der Waals surface area (Å²) in [6.07, 6.45) is 0. The summed E-state index contributed by atoms with van der Waals surface area (Å²) in [5, 5.41) is 4.94. The Morgan fingerprint density at radius 3 is 1.35 bits per heavy atom. The molecule has 296 valence electrons. The number of hydrogen-bond acceptors (Lipinski definition) is 1. The fraction of sp³-hybridized carbons (Fsp3) is 0. The average molecular weight is 804 g/mol. The van der Waals surface area contributed by atoms with Crippen molar-refractivity contribution < 1.29 is 0 Å². The number of hydrogen-bond donors (Lipinski definition) is 0. The zero-order valence-corrected chi connectivity index (χ0v) is 34.5. The first-order valence-electron chi connectivity index (χ1n) is 21.6. The molecule has 0 unspecified atom stereocenters. The minimum atomic E-state index is 1.09. The van der Waals surface area contributed by atoms with E-state index in [1.54, 1.807) is 0 Å². The van der Waals surface area contributed by atoms with Gasteiger partial charge in [-0.25, -0.2) is 0 Å². The molecule has 0 aliphatic carbocycles. The second kappa shape index (κ2) is 15.3. The Morgan fingerprint density at radius 1 is 0.254 bits per heavy atom. The Balaban J connectivity index is 1.02. The normalized spacial score (nSPS) is 11.5. The van der Waals surface area contributed by atoms with Crippen LogP contribution < -0.4 is 4.90 Å². The second-order valence-electron chi connectivity index (χ2n) is 16.2. The molecule has 0 saturated heterocycles. The highest BCUT2D eigenvalue weighted by atomic mass is 15.1. The summed E-state index contributed by atoms with van der Waals surface area (Å²) in [5.41, 5.74) is 17.5. The molecule has 0 aliphatic heterocycles. The minimum Gasteiger partial charge on any atom is -0.310 e. The van der Waals surface area contributed by atoms with E-state index in [1.165, 1.54) is 77.0 Å². The summed E-state index contributed by atoms with van der Waals surface area (Å²) in [5.74, 6) is 0. The van der Waals surface area contributed by atoms with E-state index < -0.39 is 0 Å². The first-order chi connectivity index (χ1) is 31.3. The SMILES string of the molecule is c1ccc(-c2ccc(N(c3ccc(-c4ccc5c(c4)c4ccccc4n5-c4ccccc4)cc3)c3ccc4c(c3)c3c(-c5ccccc5)cccc3n4-c3ccccc3)cc2)cc1. The van der Waals surface area contributed by atoms with E-state index in [1.807, 2.05) is 0 Å². The highest BCUT2D eigenvalue weighted by Crippen LogP contribution is 2.44. The molecule has 3 heteroatoms. The van der Waals surface area contributed by atoms with E-state index in [2.05, 4.69) is 263 Å². The summed E-state index contributed by atoms with van der Waals surface area (Å²) >= 11 is 0. The van der Waals surface area contributed by atoms with Crippen LogP contribution in [-0.4, -0.2) is 9.13 Å². The van der Waals surface area contributed by atoms with Crippen LogP contribution in [0.2, 0.25) is 0 Å². The Morgan fingerprint density at radius 2 is 0.698 bits per heavy atom. The van der Waals surface area contributed by atoms with Gasteiger partial charge in [-0.3, -0.25) is 0 Å². The number of aromatic nitrogens is 2. The molecule has 0 spiro atoms. The fourth-order valence-corrected chi connectivity index (χ4v) is 9.60. The first kappa shape index (κ1) is 36.5. The number of nitrogens with zero attached hydrogens (tertiary/aromatic N) is 3. The molecule has 0 N–H and O–H groups in total. The molecule has 0 saturated carbocycles. The molecule has 12 aromatic rings. The summed E-state index contributed by atoms with van der Waals surface area (Å²) in [7, 11) is 0. The third-order valence-corrected chi connectivity index (χ3v) is 12.5. The third-order valence-electron chi connectivity index (χ3n) is 12.5. The van der Waals surface area contributed by atoms with Crippen LogP contribution in [0.1, 0.15) is 0 Å². The van der Waals surface area contributed by atoms with E-state index in [0.29, 0.717) is 0 Å². The lowest BCUT2D eigenvalue weighted by molar-refractivity contribution is 1.18. The van der Waals surface area contributed by atoms with Crippen molar-refractivity contribution in [1.29, 1.82) is 0 Å². The molecule has 2 heterocycles. The maximum Gasteiger partial charge on any atom is 0.0547 e. The first-order valence-corrected chi connectivity index (χ1v) is 21.6. The minimum absolute atomic E-state index is 1.09. The lowest BCUT2D eigenvalue weighted by Crippen LogP contribution is -2.10. The smallest absolute Gasteiger partial charge is 0.0547 e. The van der Waals surface area contributed by atoms with Gasteiger partial charge in [0.1, 0.15) is 0 Å². The van der Waals surface area contributed by atoms with Crippen molar-refractivity contribution in [3.8, 4) is 44.8 Å². The predicted octanol–water partition coefficient (Wildman–Crippen LogP) is 16.4. The van der Waals surface area contributed by atoms with E-state index in [0.717, 1.165) is 28.4 Å². The van der Waals surface area contributed by atoms with Crippen molar-refractivity contribution in [2.45, 2.75) is 0 Å². The van der Waals surface area contributed by atoms with Gasteiger partial charge in [-0.15, -0.1) is 0 Å². The van der Waals surface area contributed by atoms with Crippen LogP contribution in [0.4, 0.5) is 17.1 Å². The van der Waals surface area contributed by atoms with Crippen LogP contribution in [0.3, 0.4) is 0 Å². The molecule has 0 amide bonds. The van der Waals surface area contributed by atoms with Crippen LogP contribution in [0.25, 0.3) is 88.4 Å². The van der Waals surface area contributed by atoms with Gasteiger partial charge in [0.2, 0.25) is 0 Å². The average Bonchev–Trinajstić information content (AvgIpc) is 3.88. The van der Waals surface area contributed by atoms with Crippen molar-refractivity contribution in [3.05, 3.63) is 249 Å². The van der Waals surface area contributed by atoms with Crippen molar-refractivity contribution in [2.75, 3.05) is 4.90 Å². The number of para-hydroxylation sites is 3. The van der Waals surface area contributed by atoms with Crippen LogP contribution in [-0.2, 0) is 0 Å². The van der Waals surface area contributed by atoms with Gasteiger partial charge < -0.3 is 14.0 Å². The summed E-state index contributed by atoms with van der Waals surface area (Å²) < 4.78 is 4.78. The van der Waals surface area contributed by atoms with E-state index in [-0.39, 0.29) is 0 Å². The van der Waals surface area contributed by atoms with Gasteiger partial charge in [0.05, 0.1) is 22.1 Å². The van der Waals surface area contributed by atoms with Crippen molar-refractivity contribution in [2.24, 2.45) is 0 Å². The molecule has 0 fully saturated rings. The predicted molar refractivity (Wildman–Crippen MR) is 266 cm³/mol. The van der Waals surface area contributed by atoms with E-state index in [9.17, 15) is 0 Å². The van der Waals surface area contributed by atoms with Crippen LogP contribution >= 0.6 is 0 Å². The highest BCUT2D eigenvalue weighted by Gasteiger charge is 2.20. The van der Waals surface area contributed by atoms with Crippen LogP contribution in [0, 0.1) is 0 Å². The Bertz CT molecular complexity index is 3570. The number of anilines is 3. The van der Waals surface area contributed by atoms with Gasteiger partial charge in [-0.1, -0.05) is 158 Å².